The van der Waals surface area contributed by atoms with Crippen molar-refractivity contribution in [2.75, 3.05) is 0 Å². The van der Waals surface area contributed by atoms with Crippen molar-refractivity contribution in [3.8, 4) is 0 Å². The van der Waals surface area contributed by atoms with Crippen LogP contribution in [-0.2, 0) is 14.3 Å². The van der Waals surface area contributed by atoms with E-state index >= 15 is 0 Å². The average molecular weight is 251 g/mol. The van der Waals surface area contributed by atoms with Crippen molar-refractivity contribution >= 4 is 11.9 Å². The number of hydrogen-bond donors (Lipinski definition) is 1. The molecule has 4 rings (SSSR count). The van der Waals surface area contributed by atoms with Gasteiger partial charge < -0.3 is 10.5 Å². The largest absolute Gasteiger partial charge is 0.452 e. The van der Waals surface area contributed by atoms with Crippen LogP contribution in [0.15, 0.2) is 0 Å². The molecule has 18 heavy (non-hydrogen) atoms. The first kappa shape index (κ1) is 12.0. The van der Waals surface area contributed by atoms with Gasteiger partial charge in [0.15, 0.2) is 6.10 Å². The molecule has 1 amide bonds. The molecular formula is C14H21NO3. The highest BCUT2D eigenvalue weighted by Gasteiger charge is 2.51. The highest BCUT2D eigenvalue weighted by Crippen LogP contribution is 2.56. The van der Waals surface area contributed by atoms with Crippen molar-refractivity contribution < 1.29 is 14.3 Å². The van der Waals surface area contributed by atoms with Crippen LogP contribution in [0.2, 0.25) is 0 Å². The zero-order chi connectivity index (χ0) is 12.9. The third-order valence-electron chi connectivity index (χ3n) is 5.19. The number of ether oxygens (including phenoxy) is 1. The molecule has 0 unspecified atom stereocenters. The predicted molar refractivity (Wildman–Crippen MR) is 65.3 cm³/mol. The average Bonchev–Trinajstić information content (AvgIpc) is 2.26. The monoisotopic (exact) mass is 251 g/mol. The number of amides is 1. The topological polar surface area (TPSA) is 69.4 Å². The van der Waals surface area contributed by atoms with Crippen molar-refractivity contribution in [1.82, 2.24) is 0 Å². The van der Waals surface area contributed by atoms with E-state index in [0.717, 1.165) is 11.8 Å². The Morgan fingerprint density at radius 1 is 1.06 bits per heavy atom. The van der Waals surface area contributed by atoms with E-state index in [9.17, 15) is 9.59 Å². The standard InChI is InChI=1S/C14H21NO3/c1-7(13(15)16)18-14(17)12-10-3-8-2-9(5-10)6-11(12)4-8/h7-12H,2-6H2,1H3,(H2,15,16)/t7-,8?,9?,10?,11?,12?/m1/s1. The molecular weight excluding hydrogens is 230 g/mol. The lowest BCUT2D eigenvalue weighted by Gasteiger charge is -2.53. The number of primary amides is 1. The molecule has 4 nitrogen and oxygen atoms in total. The molecule has 0 aromatic carbocycles. The fourth-order valence-corrected chi connectivity index (χ4v) is 4.62. The van der Waals surface area contributed by atoms with Crippen molar-refractivity contribution in [3.63, 3.8) is 0 Å². The van der Waals surface area contributed by atoms with Crippen molar-refractivity contribution in [2.45, 2.75) is 45.1 Å². The molecule has 0 spiro atoms. The summed E-state index contributed by atoms with van der Waals surface area (Å²) in [5, 5.41) is 0. The predicted octanol–water partition coefficient (Wildman–Crippen LogP) is 1.48. The Bertz CT molecular complexity index is 351. The molecule has 4 fully saturated rings. The van der Waals surface area contributed by atoms with Crippen LogP contribution in [0.5, 0.6) is 0 Å². The minimum Gasteiger partial charge on any atom is -0.452 e. The summed E-state index contributed by atoms with van der Waals surface area (Å²) in [6.07, 6.45) is 5.28. The number of carbonyl (C=O) groups is 2. The van der Waals surface area contributed by atoms with Crippen LogP contribution in [-0.4, -0.2) is 18.0 Å². The summed E-state index contributed by atoms with van der Waals surface area (Å²) in [5.74, 6) is 1.94. The summed E-state index contributed by atoms with van der Waals surface area (Å²) in [4.78, 5) is 23.2. The fraction of sp³-hybridized carbons (Fsp3) is 0.857. The zero-order valence-electron chi connectivity index (χ0n) is 10.8. The SMILES string of the molecule is C[C@@H](OC(=O)C1C2CC3CC(C2)CC1C3)C(N)=O. The van der Waals surface area contributed by atoms with Gasteiger partial charge in [0.1, 0.15) is 0 Å². The number of esters is 1. The maximum absolute atomic E-state index is 12.2. The molecule has 4 aliphatic carbocycles. The van der Waals surface area contributed by atoms with Gasteiger partial charge in [-0.3, -0.25) is 9.59 Å². The van der Waals surface area contributed by atoms with Crippen LogP contribution < -0.4 is 5.73 Å². The van der Waals surface area contributed by atoms with Crippen molar-refractivity contribution in [3.05, 3.63) is 0 Å². The molecule has 0 saturated heterocycles. The van der Waals surface area contributed by atoms with Crippen LogP contribution in [0, 0.1) is 29.6 Å². The molecule has 0 heterocycles. The number of hydrogen-bond acceptors (Lipinski definition) is 3. The van der Waals surface area contributed by atoms with E-state index in [2.05, 4.69) is 0 Å². The van der Waals surface area contributed by atoms with E-state index in [0.29, 0.717) is 11.8 Å². The van der Waals surface area contributed by atoms with Gasteiger partial charge >= 0.3 is 5.97 Å². The second-order valence-corrected chi connectivity index (χ2v) is 6.44. The summed E-state index contributed by atoms with van der Waals surface area (Å²) < 4.78 is 5.22. The highest BCUT2D eigenvalue weighted by atomic mass is 16.5. The molecule has 0 aromatic heterocycles. The third-order valence-corrected chi connectivity index (χ3v) is 5.19. The fourth-order valence-electron chi connectivity index (χ4n) is 4.62. The van der Waals surface area contributed by atoms with Crippen molar-refractivity contribution in [1.29, 1.82) is 0 Å². The number of rotatable bonds is 3. The van der Waals surface area contributed by atoms with Crippen LogP contribution >= 0.6 is 0 Å². The summed E-state index contributed by atoms with van der Waals surface area (Å²) >= 11 is 0. The molecule has 4 heteroatoms. The zero-order valence-corrected chi connectivity index (χ0v) is 10.8. The summed E-state index contributed by atoms with van der Waals surface area (Å²) in [6, 6.07) is 0. The van der Waals surface area contributed by atoms with Gasteiger partial charge in [0.2, 0.25) is 0 Å². The highest BCUT2D eigenvalue weighted by molar-refractivity contribution is 5.82. The molecule has 0 aromatic rings. The van der Waals surface area contributed by atoms with Crippen LogP contribution in [0.3, 0.4) is 0 Å². The van der Waals surface area contributed by atoms with Crippen LogP contribution in [0.4, 0.5) is 0 Å². The maximum Gasteiger partial charge on any atom is 0.310 e. The van der Waals surface area contributed by atoms with Gasteiger partial charge in [-0.15, -0.1) is 0 Å². The Morgan fingerprint density at radius 2 is 1.56 bits per heavy atom. The van der Waals surface area contributed by atoms with Gasteiger partial charge in [0.25, 0.3) is 5.91 Å². The van der Waals surface area contributed by atoms with E-state index in [1.54, 1.807) is 6.92 Å². The van der Waals surface area contributed by atoms with Crippen molar-refractivity contribution in [2.24, 2.45) is 35.3 Å². The molecule has 4 aliphatic rings. The first-order chi connectivity index (χ1) is 8.54. The summed E-state index contributed by atoms with van der Waals surface area (Å²) in [6.45, 7) is 1.55. The molecule has 4 bridgehead atoms. The van der Waals surface area contributed by atoms with Gasteiger partial charge in [-0.2, -0.15) is 0 Å². The lowest BCUT2D eigenvalue weighted by molar-refractivity contribution is -0.169. The number of nitrogens with two attached hydrogens (primary N) is 1. The Kier molecular flexibility index (Phi) is 2.83. The van der Waals surface area contributed by atoms with E-state index in [-0.39, 0.29) is 11.9 Å². The second kappa shape index (κ2) is 4.25. The Balaban J connectivity index is 1.69. The van der Waals surface area contributed by atoms with Crippen LogP contribution in [0.25, 0.3) is 0 Å². The smallest absolute Gasteiger partial charge is 0.310 e. The van der Waals surface area contributed by atoms with Gasteiger partial charge in [-0.1, -0.05) is 0 Å². The molecule has 0 aliphatic heterocycles. The molecule has 1 atom stereocenters. The number of carbonyl (C=O) groups excluding carboxylic acids is 2. The minimum atomic E-state index is -0.797. The van der Waals surface area contributed by atoms with Gasteiger partial charge in [0, 0.05) is 0 Å². The maximum atomic E-state index is 12.2. The Labute approximate surface area is 107 Å². The van der Waals surface area contributed by atoms with E-state index in [1.165, 1.54) is 32.1 Å². The van der Waals surface area contributed by atoms with E-state index in [4.69, 9.17) is 10.5 Å². The lowest BCUT2D eigenvalue weighted by Crippen LogP contribution is -2.49. The van der Waals surface area contributed by atoms with Gasteiger partial charge in [0.05, 0.1) is 5.92 Å². The lowest BCUT2D eigenvalue weighted by atomic mass is 9.52. The Hall–Kier alpha value is -1.06. The first-order valence-electron chi connectivity index (χ1n) is 7.04. The van der Waals surface area contributed by atoms with Crippen LogP contribution in [0.1, 0.15) is 39.0 Å². The third kappa shape index (κ3) is 1.91. The quantitative estimate of drug-likeness (QED) is 0.772. The van der Waals surface area contributed by atoms with E-state index < -0.39 is 12.0 Å². The minimum absolute atomic E-state index is 0.0274. The van der Waals surface area contributed by atoms with E-state index in [1.807, 2.05) is 0 Å². The molecule has 0 radical (unpaired) electrons. The van der Waals surface area contributed by atoms with Gasteiger partial charge in [-0.25, -0.2) is 0 Å². The molecule has 100 valence electrons. The summed E-state index contributed by atoms with van der Waals surface area (Å²) in [5.41, 5.74) is 5.14. The normalized spacial score (nSPS) is 42.6. The molecule has 4 saturated carbocycles. The van der Waals surface area contributed by atoms with Gasteiger partial charge in [-0.05, 0) is 62.7 Å². The summed E-state index contributed by atoms with van der Waals surface area (Å²) in [7, 11) is 0. The Morgan fingerprint density at radius 3 is 2.00 bits per heavy atom. The second-order valence-electron chi connectivity index (χ2n) is 6.44. The first-order valence-corrected chi connectivity index (χ1v) is 7.04. The molecule has 2 N–H and O–H groups in total.